The molecule has 5 heteroatoms. The summed E-state index contributed by atoms with van der Waals surface area (Å²) in [6.07, 6.45) is 1.69. The summed E-state index contributed by atoms with van der Waals surface area (Å²) >= 11 is 7.15. The number of amides is 1. The van der Waals surface area contributed by atoms with Gasteiger partial charge in [0, 0.05) is 3.57 Å². The van der Waals surface area contributed by atoms with Crippen molar-refractivity contribution in [2.24, 2.45) is 5.73 Å². The molecule has 1 atom stereocenters. The summed E-state index contributed by atoms with van der Waals surface area (Å²) in [7, 11) is 0. The monoisotopic (exact) mass is 376 g/mol. The van der Waals surface area contributed by atoms with Gasteiger partial charge in [-0.25, -0.2) is 0 Å². The summed E-state index contributed by atoms with van der Waals surface area (Å²) in [5, 5.41) is 2.89. The number of thiocarbonyl (C=S) groups is 1. The number of nitrogens with two attached hydrogens (primary N) is 1. The number of nitrogens with one attached hydrogen (secondary N) is 1. The van der Waals surface area contributed by atoms with Crippen molar-refractivity contribution >= 4 is 45.7 Å². The van der Waals surface area contributed by atoms with Crippen LogP contribution in [0.5, 0.6) is 0 Å². The van der Waals surface area contributed by atoms with Crippen molar-refractivity contribution in [3.8, 4) is 0 Å². The van der Waals surface area contributed by atoms with E-state index in [1.807, 2.05) is 32.0 Å². The number of hydrogen-bond acceptors (Lipinski definition) is 2. The van der Waals surface area contributed by atoms with Crippen molar-refractivity contribution in [1.29, 1.82) is 0 Å². The first kappa shape index (κ1) is 15.4. The van der Waals surface area contributed by atoms with Crippen LogP contribution in [0.1, 0.15) is 35.7 Å². The van der Waals surface area contributed by atoms with E-state index in [0.29, 0.717) is 10.6 Å². The second kappa shape index (κ2) is 7.04. The zero-order chi connectivity index (χ0) is 13.7. The topological polar surface area (TPSA) is 55.1 Å². The highest BCUT2D eigenvalue weighted by Crippen LogP contribution is 2.16. The molecule has 0 fully saturated rings. The molecule has 1 aromatic carbocycles. The normalized spacial score (nSPS) is 11.9. The predicted molar refractivity (Wildman–Crippen MR) is 86.8 cm³/mol. The fourth-order valence-corrected chi connectivity index (χ4v) is 2.41. The molecule has 0 aliphatic rings. The molecule has 0 saturated carbocycles. The maximum Gasteiger partial charge on any atom is 0.252 e. The van der Waals surface area contributed by atoms with Gasteiger partial charge in [0.2, 0.25) is 0 Å². The Morgan fingerprint density at radius 3 is 2.78 bits per heavy atom. The zero-order valence-electron chi connectivity index (χ0n) is 10.5. The summed E-state index contributed by atoms with van der Waals surface area (Å²) in [4.78, 5) is 12.5. The van der Waals surface area contributed by atoms with Crippen molar-refractivity contribution in [3.05, 3.63) is 32.9 Å². The number of carbonyl (C=O) groups excluding carboxylic acids is 1. The minimum absolute atomic E-state index is 0.116. The summed E-state index contributed by atoms with van der Waals surface area (Å²) in [6, 6.07) is 5.44. The molecule has 0 saturated heterocycles. The number of hydrogen-bond donors (Lipinski definition) is 2. The Kier molecular flexibility index (Phi) is 6.01. The first-order valence-corrected chi connectivity index (χ1v) is 7.31. The smallest absolute Gasteiger partial charge is 0.252 e. The van der Waals surface area contributed by atoms with E-state index in [1.165, 1.54) is 0 Å². The minimum atomic E-state index is -0.228. The van der Waals surface area contributed by atoms with Crippen LogP contribution in [0.15, 0.2) is 18.2 Å². The van der Waals surface area contributed by atoms with Crippen LogP contribution in [0.4, 0.5) is 0 Å². The summed E-state index contributed by atoms with van der Waals surface area (Å²) in [6.45, 7) is 4.02. The van der Waals surface area contributed by atoms with Gasteiger partial charge in [0.05, 0.1) is 16.6 Å². The highest BCUT2D eigenvalue weighted by Gasteiger charge is 2.17. The summed E-state index contributed by atoms with van der Waals surface area (Å²) in [5.41, 5.74) is 7.39. The average molecular weight is 376 g/mol. The molecule has 0 radical (unpaired) electrons. The third kappa shape index (κ3) is 3.91. The Hall–Kier alpha value is -0.690. The molecule has 1 rings (SSSR count). The molecule has 0 aromatic heterocycles. The van der Waals surface area contributed by atoms with Gasteiger partial charge in [-0.2, -0.15) is 0 Å². The third-order valence-electron chi connectivity index (χ3n) is 2.66. The van der Waals surface area contributed by atoms with Crippen LogP contribution < -0.4 is 11.1 Å². The van der Waals surface area contributed by atoms with E-state index >= 15 is 0 Å². The molecule has 0 heterocycles. The third-order valence-corrected chi connectivity index (χ3v) is 4.38. The Morgan fingerprint density at radius 2 is 2.22 bits per heavy atom. The highest BCUT2D eigenvalue weighted by molar-refractivity contribution is 14.1. The van der Waals surface area contributed by atoms with Crippen molar-refractivity contribution < 1.29 is 4.79 Å². The van der Waals surface area contributed by atoms with Crippen LogP contribution in [-0.4, -0.2) is 16.9 Å². The number of aryl methyl sites for hydroxylation is 1. The van der Waals surface area contributed by atoms with E-state index in [0.717, 1.165) is 22.0 Å². The first-order valence-electron chi connectivity index (χ1n) is 5.82. The van der Waals surface area contributed by atoms with E-state index in [4.69, 9.17) is 18.0 Å². The Labute approximate surface area is 127 Å². The zero-order valence-corrected chi connectivity index (χ0v) is 13.5. The van der Waals surface area contributed by atoms with Crippen molar-refractivity contribution in [2.45, 2.75) is 32.7 Å². The van der Waals surface area contributed by atoms with Gasteiger partial charge in [0.15, 0.2) is 0 Å². The van der Waals surface area contributed by atoms with Crippen LogP contribution in [0.3, 0.4) is 0 Å². The van der Waals surface area contributed by atoms with Crippen LogP contribution in [0, 0.1) is 10.5 Å². The van der Waals surface area contributed by atoms with Crippen LogP contribution in [0.25, 0.3) is 0 Å². The molecular formula is C13H17IN2OS. The Morgan fingerprint density at radius 1 is 1.56 bits per heavy atom. The largest absolute Gasteiger partial charge is 0.392 e. The highest BCUT2D eigenvalue weighted by atomic mass is 127. The summed E-state index contributed by atoms with van der Waals surface area (Å²) < 4.78 is 0.964. The summed E-state index contributed by atoms with van der Waals surface area (Å²) in [5.74, 6) is -0.116. The van der Waals surface area contributed by atoms with Crippen LogP contribution in [0.2, 0.25) is 0 Å². The Bertz CT molecular complexity index is 462. The predicted octanol–water partition coefficient (Wildman–Crippen LogP) is 2.78. The molecular weight excluding hydrogens is 359 g/mol. The molecule has 1 amide bonds. The Balaban J connectivity index is 2.87. The maximum absolute atomic E-state index is 12.2. The lowest BCUT2D eigenvalue weighted by Crippen LogP contribution is -2.43. The van der Waals surface area contributed by atoms with Gasteiger partial charge in [-0.3, -0.25) is 4.79 Å². The van der Waals surface area contributed by atoms with E-state index in [9.17, 15) is 4.79 Å². The number of rotatable bonds is 5. The second-order valence-electron chi connectivity index (χ2n) is 4.15. The lowest BCUT2D eigenvalue weighted by Gasteiger charge is -2.17. The maximum atomic E-state index is 12.2. The van der Waals surface area contributed by atoms with Gasteiger partial charge in [0.1, 0.15) is 0 Å². The standard InChI is InChI=1S/C13H17IN2OS/c1-3-5-10(12(15)18)16-13(17)9-7-4-6-8(2)11(9)14/h4,6-7,10H,3,5H2,1-2H3,(H2,15,18)(H,16,17). The van der Waals surface area contributed by atoms with E-state index in [-0.39, 0.29) is 11.9 Å². The molecule has 1 unspecified atom stereocenters. The molecule has 3 N–H and O–H groups in total. The van der Waals surface area contributed by atoms with Crippen molar-refractivity contribution in [1.82, 2.24) is 5.32 Å². The molecule has 0 bridgehead atoms. The number of carbonyl (C=O) groups is 1. The minimum Gasteiger partial charge on any atom is -0.392 e. The molecule has 1 aromatic rings. The lowest BCUT2D eigenvalue weighted by molar-refractivity contribution is 0.0944. The molecule has 0 aliphatic carbocycles. The molecule has 3 nitrogen and oxygen atoms in total. The number of benzene rings is 1. The molecule has 18 heavy (non-hydrogen) atoms. The number of halogens is 1. The van der Waals surface area contributed by atoms with E-state index in [1.54, 1.807) is 0 Å². The lowest BCUT2D eigenvalue weighted by atomic mass is 10.1. The molecule has 98 valence electrons. The fourth-order valence-electron chi connectivity index (χ4n) is 1.63. The SMILES string of the molecule is CCCC(NC(=O)c1cccc(C)c1I)C(N)=S. The average Bonchev–Trinajstić information content (AvgIpc) is 2.31. The molecule has 0 aliphatic heterocycles. The van der Waals surface area contributed by atoms with Crippen LogP contribution >= 0.6 is 34.8 Å². The molecule has 0 spiro atoms. The fraction of sp³-hybridized carbons (Fsp3) is 0.385. The van der Waals surface area contributed by atoms with Gasteiger partial charge in [-0.1, -0.05) is 37.7 Å². The van der Waals surface area contributed by atoms with Gasteiger partial charge < -0.3 is 11.1 Å². The van der Waals surface area contributed by atoms with Crippen LogP contribution in [-0.2, 0) is 0 Å². The second-order valence-corrected chi connectivity index (χ2v) is 5.70. The van der Waals surface area contributed by atoms with E-state index < -0.39 is 0 Å². The first-order chi connectivity index (χ1) is 8.47. The quantitative estimate of drug-likeness (QED) is 0.614. The van der Waals surface area contributed by atoms with Crippen molar-refractivity contribution in [2.75, 3.05) is 0 Å². The van der Waals surface area contributed by atoms with Crippen molar-refractivity contribution in [3.63, 3.8) is 0 Å². The van der Waals surface area contributed by atoms with Gasteiger partial charge in [-0.15, -0.1) is 0 Å². The van der Waals surface area contributed by atoms with Gasteiger partial charge >= 0.3 is 0 Å². The van der Waals surface area contributed by atoms with Gasteiger partial charge in [0.25, 0.3) is 5.91 Å². The van der Waals surface area contributed by atoms with Gasteiger partial charge in [-0.05, 0) is 47.6 Å². The van der Waals surface area contributed by atoms with E-state index in [2.05, 4.69) is 27.9 Å².